The first kappa shape index (κ1) is 19.7. The summed E-state index contributed by atoms with van der Waals surface area (Å²) in [4.78, 5) is 24.2. The predicted octanol–water partition coefficient (Wildman–Crippen LogP) is 2.20. The van der Waals surface area contributed by atoms with Crippen LogP contribution in [0.1, 0.15) is 22.0 Å². The van der Waals surface area contributed by atoms with Gasteiger partial charge in [0, 0.05) is 22.5 Å². The number of hydrogen-bond acceptors (Lipinski definition) is 6. The Hall–Kier alpha value is -3.07. The van der Waals surface area contributed by atoms with Gasteiger partial charge < -0.3 is 15.0 Å². The van der Waals surface area contributed by atoms with Crippen molar-refractivity contribution in [3.63, 3.8) is 0 Å². The Balaban J connectivity index is 1.72. The van der Waals surface area contributed by atoms with Crippen LogP contribution in [0.4, 0.5) is 0 Å². The Labute approximate surface area is 166 Å². The molecule has 0 aliphatic heterocycles. The van der Waals surface area contributed by atoms with Crippen LogP contribution in [0, 0.1) is 0 Å². The fraction of sp³-hybridized carbons (Fsp3) is 0.150. The van der Waals surface area contributed by atoms with Crippen molar-refractivity contribution in [1.82, 2.24) is 10.0 Å². The summed E-state index contributed by atoms with van der Waals surface area (Å²) in [6.07, 6.45) is 1.68. The van der Waals surface area contributed by atoms with Gasteiger partial charge in [0.2, 0.25) is 0 Å². The molecule has 1 unspecified atom stereocenters. The van der Waals surface area contributed by atoms with E-state index < -0.39 is 5.91 Å². The number of carbonyl (C=O) groups excluding carboxylic acids is 1. The molecule has 0 aliphatic carbocycles. The number of nitrogens with two attached hydrogens (primary N) is 1. The highest BCUT2D eigenvalue weighted by Crippen LogP contribution is 2.16. The number of nitrogens with zero attached hydrogens (tertiary/aromatic N) is 1. The number of pyridine rings is 1. The summed E-state index contributed by atoms with van der Waals surface area (Å²) >= 11 is 4.84. The van der Waals surface area contributed by atoms with Crippen molar-refractivity contribution in [2.45, 2.75) is 12.6 Å². The summed E-state index contributed by atoms with van der Waals surface area (Å²) in [7, 11) is 0. The number of aromatic nitrogens is 1. The molecular weight excluding hydrogens is 378 g/mol. The number of rotatable bonds is 7. The molecule has 0 spiro atoms. The average Bonchev–Trinajstić information content (AvgIpc) is 2.74. The van der Waals surface area contributed by atoms with Crippen LogP contribution in [0.3, 0.4) is 0 Å². The number of ether oxygens (including phenoxy) is 1. The molecular formula is C20H19N3O4S. The smallest absolute Gasteiger partial charge is 0.274 e. The average molecular weight is 397 g/mol. The highest BCUT2D eigenvalue weighted by Gasteiger charge is 2.09. The largest absolute Gasteiger partial charge is 0.492 e. The maximum absolute atomic E-state index is 12.7. The van der Waals surface area contributed by atoms with Crippen LogP contribution in [0.5, 0.6) is 5.75 Å². The Kier molecular flexibility index (Phi) is 6.15. The summed E-state index contributed by atoms with van der Waals surface area (Å²) < 4.78 is 7.20. The monoisotopic (exact) mass is 397 g/mol. The van der Waals surface area contributed by atoms with Crippen LogP contribution in [-0.2, 0) is 6.54 Å². The second-order valence-electron chi connectivity index (χ2n) is 6.14. The Morgan fingerprint density at radius 3 is 2.68 bits per heavy atom. The van der Waals surface area contributed by atoms with E-state index >= 15 is 0 Å². The van der Waals surface area contributed by atoms with Gasteiger partial charge in [-0.1, -0.05) is 30.4 Å². The molecule has 3 rings (SSSR count). The van der Waals surface area contributed by atoms with E-state index in [1.54, 1.807) is 42.0 Å². The third-order valence-electron chi connectivity index (χ3n) is 4.35. The number of hydroxylamine groups is 1. The molecule has 7 nitrogen and oxygen atoms in total. The predicted molar refractivity (Wildman–Crippen MR) is 110 cm³/mol. The van der Waals surface area contributed by atoms with Gasteiger partial charge in [0.25, 0.3) is 11.5 Å². The summed E-state index contributed by atoms with van der Waals surface area (Å²) in [6, 6.07) is 13.5. The molecule has 1 atom stereocenters. The third kappa shape index (κ3) is 4.25. The number of amides is 1. The molecule has 1 amide bonds. The van der Waals surface area contributed by atoms with Crippen LogP contribution in [0.2, 0.25) is 0 Å². The van der Waals surface area contributed by atoms with Crippen molar-refractivity contribution in [2.75, 3.05) is 6.61 Å². The molecule has 144 valence electrons. The topological polar surface area (TPSA) is 107 Å². The number of nitrogens with one attached hydrogen (secondary N) is 1. The van der Waals surface area contributed by atoms with Gasteiger partial charge in [-0.3, -0.25) is 14.8 Å². The molecule has 0 aliphatic rings. The molecule has 4 N–H and O–H groups in total. The highest BCUT2D eigenvalue weighted by molar-refractivity contribution is 7.79. The molecule has 8 heteroatoms. The maximum Gasteiger partial charge on any atom is 0.274 e. The minimum Gasteiger partial charge on any atom is -0.492 e. The summed E-state index contributed by atoms with van der Waals surface area (Å²) in [6.45, 7) is 0.632. The summed E-state index contributed by atoms with van der Waals surface area (Å²) in [5.74, 6) is -0.00657. The zero-order valence-electron chi connectivity index (χ0n) is 14.9. The van der Waals surface area contributed by atoms with Crippen LogP contribution in [-0.4, -0.2) is 27.7 Å². The van der Waals surface area contributed by atoms with Gasteiger partial charge in [0.15, 0.2) is 0 Å². The lowest BCUT2D eigenvalue weighted by atomic mass is 10.1. The van der Waals surface area contributed by atoms with Crippen molar-refractivity contribution < 1.29 is 14.7 Å². The molecule has 0 radical (unpaired) electrons. The lowest BCUT2D eigenvalue weighted by Gasteiger charge is -2.11. The second-order valence-corrected chi connectivity index (χ2v) is 6.41. The number of fused-ring (bicyclic) bond motifs is 1. The zero-order valence-corrected chi connectivity index (χ0v) is 15.7. The Bertz CT molecular complexity index is 1060. The first-order chi connectivity index (χ1) is 13.5. The Morgan fingerprint density at radius 2 is 2.00 bits per heavy atom. The number of thiocarbonyl (C=S) groups is 1. The first-order valence-corrected chi connectivity index (χ1v) is 9.02. The van der Waals surface area contributed by atoms with E-state index in [2.05, 4.69) is 0 Å². The second kappa shape index (κ2) is 8.75. The van der Waals surface area contributed by atoms with Crippen LogP contribution in [0.15, 0.2) is 59.5 Å². The van der Waals surface area contributed by atoms with Gasteiger partial charge in [-0.15, -0.1) is 0 Å². The molecule has 3 aromatic rings. The normalized spacial score (nSPS) is 11.8. The van der Waals surface area contributed by atoms with Crippen molar-refractivity contribution in [3.05, 3.63) is 76.2 Å². The quantitative estimate of drug-likeness (QED) is 0.321. The molecule has 1 heterocycles. The third-order valence-corrected chi connectivity index (χ3v) is 4.65. The fourth-order valence-corrected chi connectivity index (χ4v) is 2.95. The van der Waals surface area contributed by atoms with Crippen molar-refractivity contribution >= 4 is 34.3 Å². The van der Waals surface area contributed by atoms with Crippen molar-refractivity contribution in [2.24, 2.45) is 5.73 Å². The minimum absolute atomic E-state index is 0.204. The molecule has 0 saturated heterocycles. The SMILES string of the molecule is NC(C=S)c1ccc(OCCn2ccc3ccc(C(=O)NO)cc3c2=O)cc1. The van der Waals surface area contributed by atoms with E-state index in [0.29, 0.717) is 29.7 Å². The Morgan fingerprint density at radius 1 is 1.25 bits per heavy atom. The molecule has 2 aromatic carbocycles. The van der Waals surface area contributed by atoms with E-state index in [1.165, 1.54) is 16.0 Å². The molecule has 0 bridgehead atoms. The lowest BCUT2D eigenvalue weighted by molar-refractivity contribution is 0.0706. The van der Waals surface area contributed by atoms with Gasteiger partial charge in [0.05, 0.1) is 12.6 Å². The van der Waals surface area contributed by atoms with Crippen molar-refractivity contribution in [1.29, 1.82) is 0 Å². The number of hydrogen-bond donors (Lipinski definition) is 3. The number of benzene rings is 2. The van der Waals surface area contributed by atoms with Crippen LogP contribution in [0.25, 0.3) is 10.8 Å². The van der Waals surface area contributed by atoms with E-state index in [-0.39, 0.29) is 17.2 Å². The first-order valence-electron chi connectivity index (χ1n) is 8.55. The van der Waals surface area contributed by atoms with Gasteiger partial charge >= 0.3 is 0 Å². The molecule has 0 fully saturated rings. The summed E-state index contributed by atoms with van der Waals surface area (Å²) in [5, 5.41) is 11.4. The van der Waals surface area contributed by atoms with Gasteiger partial charge in [0.1, 0.15) is 12.4 Å². The van der Waals surface area contributed by atoms with E-state index in [0.717, 1.165) is 5.56 Å². The van der Waals surface area contributed by atoms with Crippen LogP contribution >= 0.6 is 12.2 Å². The summed E-state index contributed by atoms with van der Waals surface area (Å²) in [5.41, 5.74) is 8.27. The minimum atomic E-state index is -0.670. The van der Waals surface area contributed by atoms with Gasteiger partial charge in [-0.2, -0.15) is 0 Å². The van der Waals surface area contributed by atoms with Crippen molar-refractivity contribution in [3.8, 4) is 5.75 Å². The van der Waals surface area contributed by atoms with Gasteiger partial charge in [-0.05, 0) is 41.3 Å². The van der Waals surface area contributed by atoms with Crippen LogP contribution < -0.4 is 21.5 Å². The standard InChI is InChI=1S/C20H19N3O4S/c21-18(12-28)14-3-5-16(6-4-14)27-10-9-23-8-7-13-1-2-15(19(24)22-26)11-17(13)20(23)25/h1-8,11-12,18,26H,9-10,21H2,(H,22,24). The molecule has 1 aromatic heterocycles. The fourth-order valence-electron chi connectivity index (χ4n) is 2.79. The zero-order chi connectivity index (χ0) is 20.1. The molecule has 0 saturated carbocycles. The highest BCUT2D eigenvalue weighted by atomic mass is 32.1. The molecule has 28 heavy (non-hydrogen) atoms. The van der Waals surface area contributed by atoms with Gasteiger partial charge in [-0.25, -0.2) is 5.48 Å². The van der Waals surface area contributed by atoms with E-state index in [9.17, 15) is 9.59 Å². The maximum atomic E-state index is 12.7. The number of carbonyl (C=O) groups is 1. The van der Waals surface area contributed by atoms with E-state index in [1.807, 2.05) is 12.1 Å². The van der Waals surface area contributed by atoms with E-state index in [4.69, 9.17) is 27.9 Å². The lowest BCUT2D eigenvalue weighted by Crippen LogP contribution is -2.23.